The first-order valence-corrected chi connectivity index (χ1v) is 7.33. The maximum Gasteiger partial charge on any atom is 0.263 e. The lowest BCUT2D eigenvalue weighted by molar-refractivity contribution is 0.374. The van der Waals surface area contributed by atoms with Crippen LogP contribution < -0.4 is 5.56 Å². The lowest BCUT2D eigenvalue weighted by atomic mass is 10.1. The van der Waals surface area contributed by atoms with Gasteiger partial charge in [0.15, 0.2) is 4.77 Å². The van der Waals surface area contributed by atoms with Gasteiger partial charge in [-0.25, -0.2) is 0 Å². The van der Waals surface area contributed by atoms with Gasteiger partial charge < -0.3 is 9.88 Å². The summed E-state index contributed by atoms with van der Waals surface area (Å²) in [5.74, 6) is 0.527. The molecule has 1 aliphatic heterocycles. The smallest absolute Gasteiger partial charge is 0.263 e. The maximum absolute atomic E-state index is 12.3. The van der Waals surface area contributed by atoms with E-state index in [1.807, 2.05) is 11.4 Å². The highest BCUT2D eigenvalue weighted by atomic mass is 32.1. The number of nitrogens with zero attached hydrogens (tertiary/aromatic N) is 2. The number of nitrogens with one attached hydrogen (secondary N) is 1. The van der Waals surface area contributed by atoms with Gasteiger partial charge in [0, 0.05) is 13.1 Å². The van der Waals surface area contributed by atoms with Gasteiger partial charge in [-0.3, -0.25) is 9.36 Å². The summed E-state index contributed by atoms with van der Waals surface area (Å²) in [6.45, 7) is 2.88. The van der Waals surface area contributed by atoms with Crippen LogP contribution in [-0.4, -0.2) is 34.6 Å². The van der Waals surface area contributed by atoms with E-state index in [4.69, 9.17) is 12.2 Å². The van der Waals surface area contributed by atoms with E-state index in [0.29, 0.717) is 10.7 Å². The summed E-state index contributed by atoms with van der Waals surface area (Å²) in [6.07, 6.45) is 1.14. The lowest BCUT2D eigenvalue weighted by Crippen LogP contribution is -2.26. The van der Waals surface area contributed by atoms with Crippen LogP contribution in [0.3, 0.4) is 0 Å². The van der Waals surface area contributed by atoms with E-state index < -0.39 is 0 Å². The highest BCUT2D eigenvalue weighted by Crippen LogP contribution is 2.18. The molecule has 0 bridgehead atoms. The molecule has 0 aliphatic carbocycles. The molecule has 2 aromatic heterocycles. The SMILES string of the molecule is CN1CCC(Cn2c(=S)[nH]c3sccc3c2=O)C1. The van der Waals surface area contributed by atoms with Crippen molar-refractivity contribution in [2.24, 2.45) is 5.92 Å². The molecule has 96 valence electrons. The summed E-state index contributed by atoms with van der Waals surface area (Å²) < 4.78 is 2.26. The van der Waals surface area contributed by atoms with Crippen molar-refractivity contribution in [1.29, 1.82) is 0 Å². The fourth-order valence-electron chi connectivity index (χ4n) is 2.58. The van der Waals surface area contributed by atoms with Gasteiger partial charge in [0.1, 0.15) is 4.83 Å². The molecule has 0 amide bonds. The van der Waals surface area contributed by atoms with Crippen LogP contribution >= 0.6 is 23.6 Å². The molecule has 0 saturated carbocycles. The van der Waals surface area contributed by atoms with Crippen molar-refractivity contribution in [2.45, 2.75) is 13.0 Å². The van der Waals surface area contributed by atoms with Gasteiger partial charge in [-0.05, 0) is 49.6 Å². The minimum Gasteiger partial charge on any atom is -0.323 e. The van der Waals surface area contributed by atoms with Gasteiger partial charge in [-0.15, -0.1) is 11.3 Å². The van der Waals surface area contributed by atoms with Crippen molar-refractivity contribution < 1.29 is 0 Å². The average Bonchev–Trinajstić information content (AvgIpc) is 2.93. The number of aromatic amines is 1. The molecule has 1 fully saturated rings. The van der Waals surface area contributed by atoms with Crippen molar-refractivity contribution >= 4 is 33.8 Å². The van der Waals surface area contributed by atoms with E-state index in [0.717, 1.165) is 36.3 Å². The molecule has 1 atom stereocenters. The Morgan fingerprint density at radius 1 is 1.61 bits per heavy atom. The van der Waals surface area contributed by atoms with E-state index in [1.165, 1.54) is 11.3 Å². The van der Waals surface area contributed by atoms with Crippen molar-refractivity contribution in [2.75, 3.05) is 20.1 Å². The number of fused-ring (bicyclic) bond motifs is 1. The molecule has 4 nitrogen and oxygen atoms in total. The Labute approximate surface area is 114 Å². The normalized spacial score (nSPS) is 20.8. The number of hydrogen-bond acceptors (Lipinski definition) is 4. The molecular formula is C12H15N3OS2. The molecule has 1 unspecified atom stereocenters. The summed E-state index contributed by atoms with van der Waals surface area (Å²) in [6, 6.07) is 1.87. The molecule has 18 heavy (non-hydrogen) atoms. The predicted molar refractivity (Wildman–Crippen MR) is 76.9 cm³/mol. The van der Waals surface area contributed by atoms with Gasteiger partial charge in [-0.1, -0.05) is 0 Å². The van der Waals surface area contributed by atoms with Gasteiger partial charge >= 0.3 is 0 Å². The second kappa shape index (κ2) is 4.60. The highest BCUT2D eigenvalue weighted by molar-refractivity contribution is 7.71. The Kier molecular flexibility index (Phi) is 3.09. The van der Waals surface area contributed by atoms with Crippen LogP contribution in [0.1, 0.15) is 6.42 Å². The predicted octanol–water partition coefficient (Wildman–Crippen LogP) is 2.07. The standard InChI is InChI=1S/C12H15N3OS2/c1-14-4-2-8(6-14)7-15-11(16)9-3-5-18-10(9)13-12(15)17/h3,5,8H,2,4,6-7H2,1H3,(H,13,17). The molecule has 3 heterocycles. The van der Waals surface area contributed by atoms with E-state index in [9.17, 15) is 4.79 Å². The highest BCUT2D eigenvalue weighted by Gasteiger charge is 2.21. The molecule has 6 heteroatoms. The molecular weight excluding hydrogens is 266 g/mol. The molecule has 0 aromatic carbocycles. The first-order valence-electron chi connectivity index (χ1n) is 6.04. The van der Waals surface area contributed by atoms with Gasteiger partial charge in [0.2, 0.25) is 0 Å². The third kappa shape index (κ3) is 2.04. The van der Waals surface area contributed by atoms with Crippen LogP contribution in [0, 0.1) is 10.7 Å². The van der Waals surface area contributed by atoms with Crippen LogP contribution in [0.2, 0.25) is 0 Å². The van der Waals surface area contributed by atoms with E-state index in [1.54, 1.807) is 4.57 Å². The number of likely N-dealkylation sites (tertiary alicyclic amines) is 1. The minimum atomic E-state index is 0.0459. The molecule has 0 spiro atoms. The number of H-pyrrole nitrogens is 1. The second-order valence-corrected chi connectivity index (χ2v) is 6.23. The number of aromatic nitrogens is 2. The largest absolute Gasteiger partial charge is 0.323 e. The summed E-state index contributed by atoms with van der Waals surface area (Å²) in [4.78, 5) is 18.7. The van der Waals surface area contributed by atoms with Crippen LogP contribution in [0.25, 0.3) is 10.2 Å². The average molecular weight is 281 g/mol. The third-order valence-electron chi connectivity index (χ3n) is 3.54. The zero-order chi connectivity index (χ0) is 12.7. The number of thiophene rings is 1. The fraction of sp³-hybridized carbons (Fsp3) is 0.500. The van der Waals surface area contributed by atoms with Gasteiger partial charge in [0.05, 0.1) is 5.39 Å². The molecule has 3 rings (SSSR count). The van der Waals surface area contributed by atoms with Gasteiger partial charge in [-0.2, -0.15) is 0 Å². The van der Waals surface area contributed by atoms with Crippen LogP contribution in [0.4, 0.5) is 0 Å². The molecule has 0 radical (unpaired) electrons. The Bertz CT molecular complexity index is 684. The maximum atomic E-state index is 12.3. The summed E-state index contributed by atoms with van der Waals surface area (Å²) in [5, 5.41) is 2.67. The third-order valence-corrected chi connectivity index (χ3v) is 4.69. The van der Waals surface area contributed by atoms with Crippen LogP contribution in [-0.2, 0) is 6.54 Å². The quantitative estimate of drug-likeness (QED) is 0.857. The van der Waals surface area contributed by atoms with E-state index >= 15 is 0 Å². The van der Waals surface area contributed by atoms with Crippen LogP contribution in [0.5, 0.6) is 0 Å². The van der Waals surface area contributed by atoms with Crippen molar-refractivity contribution in [3.05, 3.63) is 26.6 Å². The van der Waals surface area contributed by atoms with E-state index in [2.05, 4.69) is 16.9 Å². The van der Waals surface area contributed by atoms with Crippen molar-refractivity contribution in [1.82, 2.24) is 14.5 Å². The zero-order valence-electron chi connectivity index (χ0n) is 10.2. The van der Waals surface area contributed by atoms with Gasteiger partial charge in [0.25, 0.3) is 5.56 Å². The summed E-state index contributed by atoms with van der Waals surface area (Å²) in [7, 11) is 2.12. The topological polar surface area (TPSA) is 41.0 Å². The molecule has 1 saturated heterocycles. The molecule has 1 N–H and O–H groups in total. The fourth-order valence-corrected chi connectivity index (χ4v) is 3.68. The zero-order valence-corrected chi connectivity index (χ0v) is 11.8. The monoisotopic (exact) mass is 281 g/mol. The first kappa shape index (κ1) is 12.1. The van der Waals surface area contributed by atoms with Crippen molar-refractivity contribution in [3.8, 4) is 0 Å². The Balaban J connectivity index is 2.01. The van der Waals surface area contributed by atoms with Crippen molar-refractivity contribution in [3.63, 3.8) is 0 Å². The van der Waals surface area contributed by atoms with E-state index in [-0.39, 0.29) is 5.56 Å². The Morgan fingerprint density at radius 2 is 2.44 bits per heavy atom. The molecule has 2 aromatic rings. The number of rotatable bonds is 2. The summed E-state index contributed by atoms with van der Waals surface area (Å²) in [5.41, 5.74) is 0.0459. The minimum absolute atomic E-state index is 0.0459. The number of hydrogen-bond donors (Lipinski definition) is 1. The first-order chi connectivity index (χ1) is 8.65. The lowest BCUT2D eigenvalue weighted by Gasteiger charge is -2.12. The molecule has 1 aliphatic rings. The second-order valence-electron chi connectivity index (χ2n) is 4.93. The summed E-state index contributed by atoms with van der Waals surface area (Å²) >= 11 is 6.82. The van der Waals surface area contributed by atoms with Crippen LogP contribution in [0.15, 0.2) is 16.2 Å². The Hall–Kier alpha value is -0.980. The Morgan fingerprint density at radius 3 is 3.17 bits per heavy atom.